The SMILES string of the molecule is COCCCCC#Cc1cc(CNC(C)(C(=O)NO)[C@@H](O)c2cc(C)on2)no1. The summed E-state index contributed by atoms with van der Waals surface area (Å²) in [5, 5.41) is 30.2. The van der Waals surface area contributed by atoms with E-state index in [0.29, 0.717) is 23.8 Å². The fourth-order valence-corrected chi connectivity index (χ4v) is 2.57. The Morgan fingerprint density at radius 3 is 2.79 bits per heavy atom. The topological polar surface area (TPSA) is 143 Å². The Labute approximate surface area is 168 Å². The molecule has 2 heterocycles. The van der Waals surface area contributed by atoms with Gasteiger partial charge in [0.15, 0.2) is 0 Å². The van der Waals surface area contributed by atoms with Gasteiger partial charge >= 0.3 is 0 Å². The highest BCUT2D eigenvalue weighted by atomic mass is 16.5. The summed E-state index contributed by atoms with van der Waals surface area (Å²) in [5.41, 5.74) is 0.586. The van der Waals surface area contributed by atoms with Crippen LogP contribution in [0.1, 0.15) is 55.2 Å². The third kappa shape index (κ3) is 6.13. The predicted octanol–water partition coefficient (Wildman–Crippen LogP) is 1.23. The fourth-order valence-electron chi connectivity index (χ4n) is 2.57. The summed E-state index contributed by atoms with van der Waals surface area (Å²) < 4.78 is 15.1. The molecule has 0 aliphatic heterocycles. The molecule has 4 N–H and O–H groups in total. The average molecular weight is 406 g/mol. The molecule has 2 atom stereocenters. The van der Waals surface area contributed by atoms with Gasteiger partial charge in [-0.15, -0.1) is 0 Å². The van der Waals surface area contributed by atoms with Gasteiger partial charge in [-0.05, 0) is 32.6 Å². The summed E-state index contributed by atoms with van der Waals surface area (Å²) in [6, 6.07) is 3.14. The van der Waals surface area contributed by atoms with Crippen molar-refractivity contribution in [3.63, 3.8) is 0 Å². The number of nitrogens with zero attached hydrogens (tertiary/aromatic N) is 2. The first-order valence-electron chi connectivity index (χ1n) is 9.15. The average Bonchev–Trinajstić information content (AvgIpc) is 3.36. The normalized spacial score (nSPS) is 14.0. The lowest BCUT2D eigenvalue weighted by Crippen LogP contribution is -2.57. The van der Waals surface area contributed by atoms with Crippen LogP contribution >= 0.6 is 0 Å². The second-order valence-corrected chi connectivity index (χ2v) is 6.70. The van der Waals surface area contributed by atoms with E-state index in [-0.39, 0.29) is 12.2 Å². The largest absolute Gasteiger partial charge is 0.385 e. The van der Waals surface area contributed by atoms with Gasteiger partial charge in [-0.1, -0.05) is 16.2 Å². The highest BCUT2D eigenvalue weighted by Gasteiger charge is 2.43. The first-order chi connectivity index (χ1) is 13.9. The zero-order valence-electron chi connectivity index (χ0n) is 16.7. The molecule has 0 saturated carbocycles. The number of aliphatic hydroxyl groups excluding tert-OH is 1. The van der Waals surface area contributed by atoms with Crippen molar-refractivity contribution < 1.29 is 28.9 Å². The van der Waals surface area contributed by atoms with Crippen LogP contribution in [0, 0.1) is 18.8 Å². The molecule has 158 valence electrons. The molecular formula is C19H26N4O6. The molecule has 10 nitrogen and oxygen atoms in total. The maximum Gasteiger partial charge on any atom is 0.266 e. The quantitative estimate of drug-likeness (QED) is 0.198. The number of hydrogen-bond donors (Lipinski definition) is 4. The third-order valence-electron chi connectivity index (χ3n) is 4.35. The summed E-state index contributed by atoms with van der Waals surface area (Å²) >= 11 is 0. The highest BCUT2D eigenvalue weighted by molar-refractivity contribution is 5.85. The molecule has 2 rings (SSSR count). The molecule has 0 radical (unpaired) electrons. The van der Waals surface area contributed by atoms with Crippen LogP contribution in [-0.2, 0) is 16.1 Å². The van der Waals surface area contributed by atoms with Crippen LogP contribution in [0.4, 0.5) is 0 Å². The number of aryl methyl sites for hydroxylation is 1. The van der Waals surface area contributed by atoms with Crippen molar-refractivity contribution in [3.05, 3.63) is 35.0 Å². The van der Waals surface area contributed by atoms with Gasteiger partial charge in [0, 0.05) is 38.8 Å². The number of hydrogen-bond acceptors (Lipinski definition) is 9. The molecule has 0 aliphatic carbocycles. The number of ether oxygens (including phenoxy) is 1. The number of carbonyl (C=O) groups is 1. The van der Waals surface area contributed by atoms with E-state index in [1.165, 1.54) is 13.0 Å². The molecule has 0 fully saturated rings. The van der Waals surface area contributed by atoms with E-state index >= 15 is 0 Å². The summed E-state index contributed by atoms with van der Waals surface area (Å²) in [6.07, 6.45) is 1.20. The van der Waals surface area contributed by atoms with E-state index in [0.717, 1.165) is 19.3 Å². The van der Waals surface area contributed by atoms with Crippen LogP contribution in [-0.4, -0.2) is 45.8 Å². The van der Waals surface area contributed by atoms with E-state index in [1.54, 1.807) is 25.6 Å². The van der Waals surface area contributed by atoms with Crippen LogP contribution in [0.25, 0.3) is 0 Å². The number of hydroxylamine groups is 1. The van der Waals surface area contributed by atoms with Crippen molar-refractivity contribution >= 4 is 5.91 Å². The first-order valence-corrected chi connectivity index (χ1v) is 9.15. The van der Waals surface area contributed by atoms with Crippen molar-refractivity contribution in [2.45, 2.75) is 51.3 Å². The Balaban J connectivity index is 2.00. The minimum Gasteiger partial charge on any atom is -0.385 e. The van der Waals surface area contributed by atoms with E-state index < -0.39 is 17.6 Å². The minimum absolute atomic E-state index is 0.0802. The number of methoxy groups -OCH3 is 1. The Morgan fingerprint density at radius 1 is 1.34 bits per heavy atom. The first kappa shape index (κ1) is 22.6. The van der Waals surface area contributed by atoms with Gasteiger partial charge in [-0.25, -0.2) is 5.48 Å². The van der Waals surface area contributed by atoms with Crippen LogP contribution in [0.3, 0.4) is 0 Å². The van der Waals surface area contributed by atoms with Gasteiger partial charge in [-0.3, -0.25) is 15.3 Å². The Morgan fingerprint density at radius 2 is 2.14 bits per heavy atom. The Bertz CT molecular complexity index is 852. The number of carbonyl (C=O) groups excluding carboxylic acids is 1. The Hall–Kier alpha value is -2.71. The zero-order valence-corrected chi connectivity index (χ0v) is 16.7. The van der Waals surface area contributed by atoms with E-state index in [1.807, 2.05) is 0 Å². The summed E-state index contributed by atoms with van der Waals surface area (Å²) in [7, 11) is 1.66. The number of unbranched alkanes of at least 4 members (excludes halogenated alkanes) is 2. The summed E-state index contributed by atoms with van der Waals surface area (Å²) in [6.45, 7) is 3.88. The molecular weight excluding hydrogens is 380 g/mol. The summed E-state index contributed by atoms with van der Waals surface area (Å²) in [4.78, 5) is 12.2. The minimum atomic E-state index is -1.61. The molecule has 2 aromatic rings. The summed E-state index contributed by atoms with van der Waals surface area (Å²) in [5.74, 6) is 5.92. The van der Waals surface area contributed by atoms with E-state index in [2.05, 4.69) is 27.5 Å². The maximum atomic E-state index is 12.2. The van der Waals surface area contributed by atoms with Crippen LogP contribution in [0.2, 0.25) is 0 Å². The van der Waals surface area contributed by atoms with Crippen LogP contribution in [0.15, 0.2) is 21.2 Å². The number of aliphatic hydroxyl groups is 1. The highest BCUT2D eigenvalue weighted by Crippen LogP contribution is 2.26. The van der Waals surface area contributed by atoms with Gasteiger partial charge < -0.3 is 18.9 Å². The lowest BCUT2D eigenvalue weighted by molar-refractivity contribution is -0.141. The lowest BCUT2D eigenvalue weighted by atomic mass is 9.91. The van der Waals surface area contributed by atoms with Crippen molar-refractivity contribution in [2.24, 2.45) is 0 Å². The van der Waals surface area contributed by atoms with Gasteiger partial charge in [0.25, 0.3) is 5.91 Å². The van der Waals surface area contributed by atoms with Crippen LogP contribution in [0.5, 0.6) is 0 Å². The molecule has 2 aromatic heterocycles. The number of amides is 1. The second-order valence-electron chi connectivity index (χ2n) is 6.70. The van der Waals surface area contributed by atoms with E-state index in [9.17, 15) is 9.90 Å². The fraction of sp³-hybridized carbons (Fsp3) is 0.526. The predicted molar refractivity (Wildman–Crippen MR) is 100 cm³/mol. The van der Waals surface area contributed by atoms with Crippen LogP contribution < -0.4 is 10.8 Å². The molecule has 29 heavy (non-hydrogen) atoms. The van der Waals surface area contributed by atoms with Gasteiger partial charge in [0.2, 0.25) is 5.76 Å². The molecule has 0 aromatic carbocycles. The zero-order chi connectivity index (χ0) is 21.3. The van der Waals surface area contributed by atoms with E-state index in [4.69, 9.17) is 19.0 Å². The number of rotatable bonds is 10. The lowest BCUT2D eigenvalue weighted by Gasteiger charge is -2.31. The molecule has 10 heteroatoms. The smallest absolute Gasteiger partial charge is 0.266 e. The van der Waals surface area contributed by atoms with Crippen molar-refractivity contribution in [2.75, 3.05) is 13.7 Å². The number of nitrogens with one attached hydrogen (secondary N) is 2. The molecule has 0 spiro atoms. The van der Waals surface area contributed by atoms with Crippen molar-refractivity contribution in [1.82, 2.24) is 21.1 Å². The Kier molecular flexibility index (Phi) is 8.35. The van der Waals surface area contributed by atoms with Crippen molar-refractivity contribution in [3.8, 4) is 11.8 Å². The maximum absolute atomic E-state index is 12.2. The molecule has 0 saturated heterocycles. The van der Waals surface area contributed by atoms with Gasteiger partial charge in [-0.2, -0.15) is 0 Å². The third-order valence-corrected chi connectivity index (χ3v) is 4.35. The standard InChI is InChI=1S/C19H26N4O6/c1-13-10-16(23-28-13)17(24)19(2,18(25)21-26)20-12-14-11-15(29-22-14)8-6-4-5-7-9-27-3/h10-11,17,20,24,26H,4-5,7,9,12H2,1-3H3,(H,21,25)/t17-,19?/m0/s1. The van der Waals surface area contributed by atoms with Gasteiger partial charge in [0.1, 0.15) is 23.1 Å². The van der Waals surface area contributed by atoms with Gasteiger partial charge in [0.05, 0.1) is 5.69 Å². The van der Waals surface area contributed by atoms with Crippen molar-refractivity contribution in [1.29, 1.82) is 0 Å². The molecule has 1 unspecified atom stereocenters. The second kappa shape index (κ2) is 10.7. The number of aromatic nitrogens is 2. The molecule has 0 bridgehead atoms. The molecule has 1 amide bonds. The molecule has 0 aliphatic rings. The monoisotopic (exact) mass is 406 g/mol.